The number of pyridine rings is 1. The first-order chi connectivity index (χ1) is 7.16. The maximum atomic E-state index is 11.3. The number of hydrogen-bond donors (Lipinski definition) is 2. The molecule has 1 amide bonds. The lowest BCUT2D eigenvalue weighted by atomic mass is 9.93. The molecule has 1 aromatic heterocycles. The molecule has 1 fully saturated rings. The van der Waals surface area contributed by atoms with Gasteiger partial charge >= 0.3 is 0 Å². The highest BCUT2D eigenvalue weighted by Gasteiger charge is 2.26. The number of aryl methyl sites for hydroxylation is 1. The van der Waals surface area contributed by atoms with Crippen LogP contribution < -0.4 is 11.1 Å². The summed E-state index contributed by atoms with van der Waals surface area (Å²) in [5.74, 6) is 0.0716. The molecule has 0 radical (unpaired) electrons. The first-order valence-electron chi connectivity index (χ1n) is 5.14. The van der Waals surface area contributed by atoms with Gasteiger partial charge < -0.3 is 11.1 Å². The Morgan fingerprint density at radius 1 is 1.53 bits per heavy atom. The molecule has 2 unspecified atom stereocenters. The number of carbonyl (C=O) groups is 1. The molecule has 80 valence electrons. The van der Waals surface area contributed by atoms with Crippen LogP contribution in [0.4, 0.5) is 0 Å². The number of carbonyl (C=O) groups excluding carboxylic acids is 1. The van der Waals surface area contributed by atoms with Crippen LogP contribution in [0, 0.1) is 6.92 Å². The summed E-state index contributed by atoms with van der Waals surface area (Å²) in [6.07, 6.45) is 3.05. The van der Waals surface area contributed by atoms with Crippen molar-refractivity contribution >= 4 is 5.91 Å². The molecule has 2 heterocycles. The van der Waals surface area contributed by atoms with E-state index in [1.165, 1.54) is 0 Å². The Labute approximate surface area is 88.9 Å². The molecule has 0 spiro atoms. The average molecular weight is 205 g/mol. The van der Waals surface area contributed by atoms with Crippen molar-refractivity contribution in [1.82, 2.24) is 10.3 Å². The molecular weight excluding hydrogens is 190 g/mol. The van der Waals surface area contributed by atoms with Gasteiger partial charge in [0.15, 0.2) is 0 Å². The Balaban J connectivity index is 2.21. The van der Waals surface area contributed by atoms with Gasteiger partial charge in [-0.3, -0.25) is 9.78 Å². The van der Waals surface area contributed by atoms with Gasteiger partial charge in [-0.25, -0.2) is 0 Å². The molecule has 1 saturated heterocycles. The van der Waals surface area contributed by atoms with Crippen LogP contribution in [-0.4, -0.2) is 16.9 Å². The van der Waals surface area contributed by atoms with Gasteiger partial charge in [-0.15, -0.1) is 0 Å². The standard InChI is InChI=1S/C11H15N3O/c1-7-2-3-8(6-13-7)11-9(12)4-5-10(15)14-11/h2-3,6,9,11H,4-5,12H2,1H3,(H,14,15). The van der Waals surface area contributed by atoms with Crippen molar-refractivity contribution in [3.63, 3.8) is 0 Å². The van der Waals surface area contributed by atoms with Gasteiger partial charge in [0.25, 0.3) is 0 Å². The van der Waals surface area contributed by atoms with Crippen molar-refractivity contribution in [1.29, 1.82) is 0 Å². The summed E-state index contributed by atoms with van der Waals surface area (Å²) in [7, 11) is 0. The monoisotopic (exact) mass is 205 g/mol. The highest BCUT2D eigenvalue weighted by molar-refractivity contribution is 5.77. The van der Waals surface area contributed by atoms with E-state index >= 15 is 0 Å². The fourth-order valence-electron chi connectivity index (χ4n) is 1.81. The summed E-state index contributed by atoms with van der Waals surface area (Å²) in [5, 5.41) is 2.90. The molecule has 2 rings (SSSR count). The number of amides is 1. The van der Waals surface area contributed by atoms with Gasteiger partial charge in [0.05, 0.1) is 6.04 Å². The lowest BCUT2D eigenvalue weighted by Crippen LogP contribution is -2.45. The summed E-state index contributed by atoms with van der Waals surface area (Å²) in [4.78, 5) is 15.5. The minimum atomic E-state index is -0.0839. The van der Waals surface area contributed by atoms with Gasteiger partial charge in [-0.2, -0.15) is 0 Å². The van der Waals surface area contributed by atoms with Crippen molar-refractivity contribution in [2.24, 2.45) is 5.73 Å². The van der Waals surface area contributed by atoms with E-state index in [1.807, 2.05) is 19.1 Å². The second-order valence-corrected chi connectivity index (χ2v) is 3.98. The van der Waals surface area contributed by atoms with Crippen molar-refractivity contribution in [3.8, 4) is 0 Å². The number of rotatable bonds is 1. The van der Waals surface area contributed by atoms with Crippen molar-refractivity contribution in [2.75, 3.05) is 0 Å². The molecule has 15 heavy (non-hydrogen) atoms. The number of nitrogens with two attached hydrogens (primary N) is 1. The van der Waals surface area contributed by atoms with Crippen LogP contribution in [0.25, 0.3) is 0 Å². The quantitative estimate of drug-likeness (QED) is 0.708. The molecule has 4 heteroatoms. The fraction of sp³-hybridized carbons (Fsp3) is 0.455. The predicted octanol–water partition coefficient (Wildman–Crippen LogP) is 0.668. The Hall–Kier alpha value is -1.42. The maximum Gasteiger partial charge on any atom is 0.220 e. The zero-order chi connectivity index (χ0) is 10.8. The summed E-state index contributed by atoms with van der Waals surface area (Å²) in [6.45, 7) is 1.93. The highest BCUT2D eigenvalue weighted by atomic mass is 16.1. The second-order valence-electron chi connectivity index (χ2n) is 3.98. The van der Waals surface area contributed by atoms with Crippen LogP contribution in [0.5, 0.6) is 0 Å². The van der Waals surface area contributed by atoms with Crippen molar-refractivity contribution in [2.45, 2.75) is 31.8 Å². The van der Waals surface area contributed by atoms with E-state index < -0.39 is 0 Å². The van der Waals surface area contributed by atoms with E-state index in [2.05, 4.69) is 10.3 Å². The third kappa shape index (κ3) is 2.15. The lowest BCUT2D eigenvalue weighted by molar-refractivity contribution is -0.123. The molecule has 0 aliphatic carbocycles. The van der Waals surface area contributed by atoms with Crippen LogP contribution in [0.3, 0.4) is 0 Å². The number of hydrogen-bond acceptors (Lipinski definition) is 3. The Bertz CT molecular complexity index is 361. The third-order valence-electron chi connectivity index (χ3n) is 2.74. The zero-order valence-corrected chi connectivity index (χ0v) is 8.73. The van der Waals surface area contributed by atoms with Crippen molar-refractivity contribution in [3.05, 3.63) is 29.6 Å². The van der Waals surface area contributed by atoms with E-state index in [0.29, 0.717) is 6.42 Å². The van der Waals surface area contributed by atoms with Crippen LogP contribution in [0.15, 0.2) is 18.3 Å². The van der Waals surface area contributed by atoms with Crippen LogP contribution >= 0.6 is 0 Å². The molecule has 4 nitrogen and oxygen atoms in total. The minimum absolute atomic E-state index is 0.00722. The van der Waals surface area contributed by atoms with Gasteiger partial charge in [-0.1, -0.05) is 6.07 Å². The number of nitrogens with zero attached hydrogens (tertiary/aromatic N) is 1. The summed E-state index contributed by atoms with van der Waals surface area (Å²) in [6, 6.07) is 3.81. The van der Waals surface area contributed by atoms with Gasteiger partial charge in [0.2, 0.25) is 5.91 Å². The zero-order valence-electron chi connectivity index (χ0n) is 8.73. The topological polar surface area (TPSA) is 68.0 Å². The molecule has 1 aromatic rings. The molecule has 1 aliphatic rings. The van der Waals surface area contributed by atoms with Crippen LogP contribution in [0.1, 0.15) is 30.1 Å². The van der Waals surface area contributed by atoms with Crippen molar-refractivity contribution < 1.29 is 4.79 Å². The molecule has 2 atom stereocenters. The van der Waals surface area contributed by atoms with E-state index in [9.17, 15) is 4.79 Å². The van der Waals surface area contributed by atoms with Crippen LogP contribution in [-0.2, 0) is 4.79 Å². The van der Waals surface area contributed by atoms with E-state index in [-0.39, 0.29) is 18.0 Å². The highest BCUT2D eigenvalue weighted by Crippen LogP contribution is 2.21. The smallest absolute Gasteiger partial charge is 0.220 e. The molecule has 0 bridgehead atoms. The van der Waals surface area contributed by atoms with E-state index in [4.69, 9.17) is 5.73 Å². The third-order valence-corrected chi connectivity index (χ3v) is 2.74. The SMILES string of the molecule is Cc1ccc(C2NC(=O)CCC2N)cn1. The van der Waals surface area contributed by atoms with E-state index in [1.54, 1.807) is 6.20 Å². The number of nitrogens with one attached hydrogen (secondary N) is 1. The van der Waals surface area contributed by atoms with E-state index in [0.717, 1.165) is 17.7 Å². The number of piperidine rings is 1. The van der Waals surface area contributed by atoms with Gasteiger partial charge in [-0.05, 0) is 25.0 Å². The van der Waals surface area contributed by atoms with Gasteiger partial charge in [0.1, 0.15) is 0 Å². The van der Waals surface area contributed by atoms with Crippen LogP contribution in [0.2, 0.25) is 0 Å². The maximum absolute atomic E-state index is 11.3. The lowest BCUT2D eigenvalue weighted by Gasteiger charge is -2.29. The summed E-state index contributed by atoms with van der Waals surface area (Å²) < 4.78 is 0. The normalized spacial score (nSPS) is 26.1. The minimum Gasteiger partial charge on any atom is -0.348 e. The molecule has 1 aliphatic heterocycles. The first-order valence-corrected chi connectivity index (χ1v) is 5.14. The fourth-order valence-corrected chi connectivity index (χ4v) is 1.81. The largest absolute Gasteiger partial charge is 0.348 e. The Kier molecular flexibility index (Phi) is 2.68. The molecule has 3 N–H and O–H groups in total. The molecular formula is C11H15N3O. The summed E-state index contributed by atoms with van der Waals surface area (Å²) >= 11 is 0. The number of aromatic nitrogens is 1. The summed E-state index contributed by atoms with van der Waals surface area (Å²) in [5.41, 5.74) is 7.92. The molecule has 0 saturated carbocycles. The average Bonchev–Trinajstić information content (AvgIpc) is 2.23. The Morgan fingerprint density at radius 2 is 2.33 bits per heavy atom. The predicted molar refractivity (Wildman–Crippen MR) is 57.1 cm³/mol. The van der Waals surface area contributed by atoms with Gasteiger partial charge in [0, 0.05) is 24.4 Å². The first kappa shape index (κ1) is 10.1. The Morgan fingerprint density at radius 3 is 3.00 bits per heavy atom. The second kappa shape index (κ2) is 3.98. The molecule has 0 aromatic carbocycles.